The molecule has 0 aliphatic heterocycles. The first-order valence-corrected chi connectivity index (χ1v) is 5.73. The Morgan fingerprint density at radius 1 is 1.50 bits per heavy atom. The van der Waals surface area contributed by atoms with E-state index in [0.717, 1.165) is 19.2 Å². The highest BCUT2D eigenvalue weighted by atomic mass is 16.6. The Morgan fingerprint density at radius 2 is 2.17 bits per heavy atom. The summed E-state index contributed by atoms with van der Waals surface area (Å²) in [6, 6.07) is 0. The lowest BCUT2D eigenvalue weighted by Gasteiger charge is -2.22. The second-order valence-electron chi connectivity index (χ2n) is 4.50. The van der Waals surface area contributed by atoms with Crippen molar-refractivity contribution in [2.75, 3.05) is 17.6 Å². The summed E-state index contributed by atoms with van der Waals surface area (Å²) in [5.41, 5.74) is 4.28. The van der Waals surface area contributed by atoms with Gasteiger partial charge >= 0.3 is 5.69 Å². The Kier molecular flexibility index (Phi) is 3.28. The molecule has 8 heteroatoms. The average Bonchev–Trinajstić information content (AvgIpc) is 2.73. The van der Waals surface area contributed by atoms with Crippen LogP contribution in [0.3, 0.4) is 0 Å². The molecule has 0 bridgehead atoms. The van der Waals surface area contributed by atoms with Gasteiger partial charge in [0.15, 0.2) is 0 Å². The number of anilines is 2. The van der Waals surface area contributed by atoms with E-state index >= 15 is 0 Å². The van der Waals surface area contributed by atoms with Crippen molar-refractivity contribution in [3.05, 3.63) is 16.4 Å². The first kappa shape index (κ1) is 12.5. The summed E-state index contributed by atoms with van der Waals surface area (Å²) < 4.78 is 0. The Labute approximate surface area is 103 Å². The van der Waals surface area contributed by atoms with Crippen LogP contribution in [0.2, 0.25) is 0 Å². The van der Waals surface area contributed by atoms with Gasteiger partial charge in [0.05, 0.1) is 10.5 Å². The predicted octanol–water partition coefficient (Wildman–Crippen LogP) is 0.684. The van der Waals surface area contributed by atoms with Crippen LogP contribution < -0.4 is 11.1 Å². The van der Waals surface area contributed by atoms with E-state index < -0.39 is 10.5 Å². The SMILES string of the molecule is Nc1ncnc(NCC2(O)CCCC2)c1[N+](=O)[O-]. The molecule has 1 aromatic rings. The molecule has 1 aliphatic rings. The highest BCUT2D eigenvalue weighted by Crippen LogP contribution is 2.31. The quantitative estimate of drug-likeness (QED) is 0.531. The minimum atomic E-state index is -0.812. The number of hydrogen-bond donors (Lipinski definition) is 3. The second kappa shape index (κ2) is 4.73. The van der Waals surface area contributed by atoms with E-state index in [2.05, 4.69) is 15.3 Å². The maximum Gasteiger partial charge on any atom is 0.352 e. The molecule has 1 aliphatic carbocycles. The summed E-state index contributed by atoms with van der Waals surface area (Å²) >= 11 is 0. The lowest BCUT2D eigenvalue weighted by Crippen LogP contribution is -2.33. The van der Waals surface area contributed by atoms with Gasteiger partial charge in [-0.2, -0.15) is 0 Å². The number of aliphatic hydroxyl groups is 1. The number of rotatable bonds is 4. The van der Waals surface area contributed by atoms with Gasteiger partial charge in [-0.3, -0.25) is 10.1 Å². The zero-order chi connectivity index (χ0) is 13.2. The van der Waals surface area contributed by atoms with E-state index in [0.29, 0.717) is 12.8 Å². The van der Waals surface area contributed by atoms with Crippen LogP contribution in [0.1, 0.15) is 25.7 Å². The van der Waals surface area contributed by atoms with E-state index in [-0.39, 0.29) is 23.9 Å². The lowest BCUT2D eigenvalue weighted by atomic mass is 10.0. The minimum Gasteiger partial charge on any atom is -0.388 e. The van der Waals surface area contributed by atoms with Gasteiger partial charge in [0.25, 0.3) is 0 Å². The highest BCUT2D eigenvalue weighted by molar-refractivity contribution is 5.67. The molecule has 0 radical (unpaired) electrons. The van der Waals surface area contributed by atoms with Crippen molar-refractivity contribution in [2.45, 2.75) is 31.3 Å². The van der Waals surface area contributed by atoms with Crippen molar-refractivity contribution >= 4 is 17.3 Å². The maximum absolute atomic E-state index is 10.9. The Hall–Kier alpha value is -1.96. The molecule has 1 heterocycles. The number of aromatic nitrogens is 2. The molecule has 0 aromatic carbocycles. The van der Waals surface area contributed by atoms with Crippen LogP contribution in [-0.2, 0) is 0 Å². The molecule has 0 saturated heterocycles. The molecule has 2 rings (SSSR count). The molecule has 18 heavy (non-hydrogen) atoms. The summed E-state index contributed by atoms with van der Waals surface area (Å²) in [6.45, 7) is 0.226. The minimum absolute atomic E-state index is 0.0489. The molecular weight excluding hydrogens is 238 g/mol. The van der Waals surface area contributed by atoms with Gasteiger partial charge < -0.3 is 16.2 Å². The zero-order valence-corrected chi connectivity index (χ0v) is 9.80. The number of nitrogens with two attached hydrogens (primary N) is 1. The molecule has 98 valence electrons. The molecule has 1 saturated carbocycles. The smallest absolute Gasteiger partial charge is 0.352 e. The Bertz CT molecular complexity index is 459. The highest BCUT2D eigenvalue weighted by Gasteiger charge is 2.32. The molecule has 1 aromatic heterocycles. The molecule has 0 unspecified atom stereocenters. The van der Waals surface area contributed by atoms with Crippen LogP contribution in [0.25, 0.3) is 0 Å². The van der Waals surface area contributed by atoms with Crippen molar-refractivity contribution in [3.8, 4) is 0 Å². The summed E-state index contributed by atoms with van der Waals surface area (Å²) in [5.74, 6) is -0.135. The molecule has 0 amide bonds. The van der Waals surface area contributed by atoms with Crippen LogP contribution in [-0.4, -0.2) is 32.1 Å². The van der Waals surface area contributed by atoms with Crippen molar-refractivity contribution in [2.24, 2.45) is 0 Å². The lowest BCUT2D eigenvalue weighted by molar-refractivity contribution is -0.383. The van der Waals surface area contributed by atoms with Gasteiger partial charge in [-0.05, 0) is 12.8 Å². The van der Waals surface area contributed by atoms with Crippen molar-refractivity contribution < 1.29 is 10.0 Å². The first-order chi connectivity index (χ1) is 8.52. The molecule has 0 spiro atoms. The number of nitrogens with one attached hydrogen (secondary N) is 1. The largest absolute Gasteiger partial charge is 0.388 e. The van der Waals surface area contributed by atoms with Gasteiger partial charge in [-0.1, -0.05) is 12.8 Å². The van der Waals surface area contributed by atoms with Crippen LogP contribution in [0, 0.1) is 10.1 Å². The zero-order valence-electron chi connectivity index (χ0n) is 9.80. The third-order valence-corrected chi connectivity index (χ3v) is 3.15. The average molecular weight is 253 g/mol. The van der Waals surface area contributed by atoms with Gasteiger partial charge in [0, 0.05) is 6.54 Å². The molecule has 8 nitrogen and oxygen atoms in total. The van der Waals surface area contributed by atoms with E-state index in [1.807, 2.05) is 0 Å². The van der Waals surface area contributed by atoms with Crippen LogP contribution >= 0.6 is 0 Å². The third kappa shape index (κ3) is 2.48. The fourth-order valence-electron chi connectivity index (χ4n) is 2.16. The number of nitrogen functional groups attached to an aromatic ring is 1. The second-order valence-corrected chi connectivity index (χ2v) is 4.50. The van der Waals surface area contributed by atoms with Crippen LogP contribution in [0.4, 0.5) is 17.3 Å². The monoisotopic (exact) mass is 253 g/mol. The summed E-state index contributed by atoms with van der Waals surface area (Å²) in [5, 5.41) is 23.8. The standard InChI is InChI=1S/C10H15N5O3/c11-8-7(15(17)18)9(14-6-13-8)12-5-10(16)3-1-2-4-10/h6,16H,1-5H2,(H3,11,12,13,14). The fourth-order valence-corrected chi connectivity index (χ4v) is 2.16. The van der Waals surface area contributed by atoms with Crippen LogP contribution in [0.5, 0.6) is 0 Å². The molecule has 1 fully saturated rings. The van der Waals surface area contributed by atoms with Gasteiger partial charge in [-0.25, -0.2) is 9.97 Å². The third-order valence-electron chi connectivity index (χ3n) is 3.15. The Balaban J connectivity index is 2.14. The van der Waals surface area contributed by atoms with Gasteiger partial charge in [-0.15, -0.1) is 0 Å². The van der Waals surface area contributed by atoms with Crippen molar-refractivity contribution in [3.63, 3.8) is 0 Å². The molecule has 0 atom stereocenters. The van der Waals surface area contributed by atoms with Crippen molar-refractivity contribution in [1.29, 1.82) is 0 Å². The normalized spacial score (nSPS) is 17.6. The summed E-state index contributed by atoms with van der Waals surface area (Å²) in [7, 11) is 0. The summed E-state index contributed by atoms with van der Waals surface area (Å²) in [6.07, 6.45) is 4.46. The fraction of sp³-hybridized carbons (Fsp3) is 0.600. The molecular formula is C10H15N5O3. The summed E-state index contributed by atoms with van der Waals surface area (Å²) in [4.78, 5) is 17.6. The number of hydrogen-bond acceptors (Lipinski definition) is 7. The predicted molar refractivity (Wildman–Crippen MR) is 65.0 cm³/mol. The van der Waals surface area contributed by atoms with E-state index in [9.17, 15) is 15.2 Å². The first-order valence-electron chi connectivity index (χ1n) is 5.73. The maximum atomic E-state index is 10.9. The van der Waals surface area contributed by atoms with E-state index in [1.54, 1.807) is 0 Å². The topological polar surface area (TPSA) is 127 Å². The van der Waals surface area contributed by atoms with E-state index in [4.69, 9.17) is 5.73 Å². The molecule has 4 N–H and O–H groups in total. The van der Waals surface area contributed by atoms with Gasteiger partial charge in [0.1, 0.15) is 6.33 Å². The number of nitro groups is 1. The van der Waals surface area contributed by atoms with Crippen molar-refractivity contribution in [1.82, 2.24) is 9.97 Å². The van der Waals surface area contributed by atoms with Gasteiger partial charge in [0.2, 0.25) is 11.6 Å². The number of nitrogens with zero attached hydrogens (tertiary/aromatic N) is 3. The van der Waals surface area contributed by atoms with Crippen LogP contribution in [0.15, 0.2) is 6.33 Å². The van der Waals surface area contributed by atoms with E-state index in [1.165, 1.54) is 0 Å². The Morgan fingerprint density at radius 3 is 2.78 bits per heavy atom.